The lowest BCUT2D eigenvalue weighted by atomic mass is 9.90. The standard InChI is InChI=1S/C10H14BrNO.ClH/c1-7-3-4-8(11)5-9(7)10(2,12)6-13;/h3-5,13H,6,12H2,1-2H3;1H. The number of halogens is 2. The van der Waals surface area contributed by atoms with Crippen LogP contribution in [0.25, 0.3) is 0 Å². The zero-order valence-electron chi connectivity index (χ0n) is 8.25. The van der Waals surface area contributed by atoms with Crippen LogP contribution in [0.3, 0.4) is 0 Å². The lowest BCUT2D eigenvalue weighted by molar-refractivity contribution is 0.209. The van der Waals surface area contributed by atoms with E-state index in [9.17, 15) is 0 Å². The average molecular weight is 281 g/mol. The molecule has 0 spiro atoms. The normalized spacial score (nSPS) is 14.4. The van der Waals surface area contributed by atoms with E-state index in [0.717, 1.165) is 15.6 Å². The minimum absolute atomic E-state index is 0. The molecule has 4 heteroatoms. The van der Waals surface area contributed by atoms with Crippen molar-refractivity contribution in [1.82, 2.24) is 0 Å². The number of rotatable bonds is 2. The minimum atomic E-state index is -0.659. The van der Waals surface area contributed by atoms with E-state index in [1.807, 2.05) is 32.0 Å². The van der Waals surface area contributed by atoms with Crippen molar-refractivity contribution in [3.63, 3.8) is 0 Å². The summed E-state index contributed by atoms with van der Waals surface area (Å²) in [7, 11) is 0. The summed E-state index contributed by atoms with van der Waals surface area (Å²) in [5.74, 6) is 0. The molecule has 1 aromatic rings. The number of hydrogen-bond donors (Lipinski definition) is 2. The first-order valence-corrected chi connectivity index (χ1v) is 4.93. The van der Waals surface area contributed by atoms with Crippen LogP contribution in [-0.2, 0) is 5.54 Å². The van der Waals surface area contributed by atoms with Crippen LogP contribution in [0.2, 0.25) is 0 Å². The highest BCUT2D eigenvalue weighted by Crippen LogP contribution is 2.24. The van der Waals surface area contributed by atoms with Crippen LogP contribution in [0.5, 0.6) is 0 Å². The van der Waals surface area contributed by atoms with Gasteiger partial charge in [0.2, 0.25) is 0 Å². The van der Waals surface area contributed by atoms with Gasteiger partial charge in [0.25, 0.3) is 0 Å². The largest absolute Gasteiger partial charge is 0.394 e. The Morgan fingerprint density at radius 3 is 2.57 bits per heavy atom. The van der Waals surface area contributed by atoms with Gasteiger partial charge < -0.3 is 10.8 Å². The second kappa shape index (κ2) is 5.12. The summed E-state index contributed by atoms with van der Waals surface area (Å²) in [4.78, 5) is 0. The van der Waals surface area contributed by atoms with E-state index >= 15 is 0 Å². The minimum Gasteiger partial charge on any atom is -0.394 e. The van der Waals surface area contributed by atoms with Gasteiger partial charge >= 0.3 is 0 Å². The topological polar surface area (TPSA) is 46.2 Å². The van der Waals surface area contributed by atoms with Crippen LogP contribution >= 0.6 is 28.3 Å². The number of aliphatic hydroxyl groups excluding tert-OH is 1. The number of aryl methyl sites for hydroxylation is 1. The highest BCUT2D eigenvalue weighted by atomic mass is 79.9. The highest BCUT2D eigenvalue weighted by Gasteiger charge is 2.21. The zero-order chi connectivity index (χ0) is 10.1. The number of benzene rings is 1. The van der Waals surface area contributed by atoms with Crippen molar-refractivity contribution in [3.8, 4) is 0 Å². The molecule has 0 radical (unpaired) electrons. The molecule has 0 bridgehead atoms. The smallest absolute Gasteiger partial charge is 0.0650 e. The van der Waals surface area contributed by atoms with Gasteiger partial charge in [-0.1, -0.05) is 22.0 Å². The van der Waals surface area contributed by atoms with Crippen molar-refractivity contribution < 1.29 is 5.11 Å². The van der Waals surface area contributed by atoms with E-state index < -0.39 is 5.54 Å². The van der Waals surface area contributed by atoms with E-state index in [1.54, 1.807) is 0 Å². The molecule has 0 aliphatic carbocycles. The molecule has 1 rings (SSSR count). The zero-order valence-corrected chi connectivity index (χ0v) is 10.7. The van der Waals surface area contributed by atoms with Gasteiger partial charge in [0.05, 0.1) is 12.1 Å². The Hall–Kier alpha value is -0.0900. The summed E-state index contributed by atoms with van der Waals surface area (Å²) < 4.78 is 0.984. The van der Waals surface area contributed by atoms with Gasteiger partial charge in [0.15, 0.2) is 0 Å². The maximum atomic E-state index is 9.12. The second-order valence-electron chi connectivity index (χ2n) is 3.53. The SMILES string of the molecule is Cc1ccc(Br)cc1C(C)(N)CO.Cl. The van der Waals surface area contributed by atoms with E-state index in [4.69, 9.17) is 10.8 Å². The van der Waals surface area contributed by atoms with E-state index in [0.29, 0.717) is 0 Å². The molecule has 3 N–H and O–H groups in total. The Morgan fingerprint density at radius 2 is 2.07 bits per heavy atom. The summed E-state index contributed by atoms with van der Waals surface area (Å²) in [6.07, 6.45) is 0. The highest BCUT2D eigenvalue weighted by molar-refractivity contribution is 9.10. The molecular weight excluding hydrogens is 265 g/mol. The molecule has 80 valence electrons. The Bertz CT molecular complexity index is 315. The van der Waals surface area contributed by atoms with Crippen molar-refractivity contribution in [1.29, 1.82) is 0 Å². The Balaban J connectivity index is 0.00000169. The fourth-order valence-corrected chi connectivity index (χ4v) is 1.66. The van der Waals surface area contributed by atoms with Crippen molar-refractivity contribution >= 4 is 28.3 Å². The van der Waals surface area contributed by atoms with E-state index in [-0.39, 0.29) is 19.0 Å². The van der Waals surface area contributed by atoms with Crippen LogP contribution in [-0.4, -0.2) is 11.7 Å². The lowest BCUT2D eigenvalue weighted by Crippen LogP contribution is -2.37. The molecule has 0 amide bonds. The molecule has 1 atom stereocenters. The van der Waals surface area contributed by atoms with Gasteiger partial charge in [0.1, 0.15) is 0 Å². The number of aliphatic hydroxyl groups is 1. The number of hydrogen-bond acceptors (Lipinski definition) is 2. The molecule has 0 saturated heterocycles. The van der Waals surface area contributed by atoms with Gasteiger partial charge in [-0.2, -0.15) is 0 Å². The molecule has 0 heterocycles. The van der Waals surface area contributed by atoms with Crippen molar-refractivity contribution in [2.45, 2.75) is 19.4 Å². The summed E-state index contributed by atoms with van der Waals surface area (Å²) in [5.41, 5.74) is 7.35. The third-order valence-corrected chi connectivity index (χ3v) is 2.64. The molecule has 0 aliphatic heterocycles. The van der Waals surface area contributed by atoms with Crippen molar-refractivity contribution in [2.24, 2.45) is 5.73 Å². The van der Waals surface area contributed by atoms with Crippen LogP contribution < -0.4 is 5.73 Å². The third kappa shape index (κ3) is 2.95. The number of nitrogens with two attached hydrogens (primary N) is 1. The monoisotopic (exact) mass is 279 g/mol. The molecule has 1 unspecified atom stereocenters. The molecule has 0 fully saturated rings. The van der Waals surface area contributed by atoms with Crippen LogP contribution in [0.15, 0.2) is 22.7 Å². The second-order valence-corrected chi connectivity index (χ2v) is 4.45. The van der Waals surface area contributed by atoms with Crippen molar-refractivity contribution in [2.75, 3.05) is 6.61 Å². The fraction of sp³-hybridized carbons (Fsp3) is 0.400. The predicted molar refractivity (Wildman–Crippen MR) is 64.8 cm³/mol. The summed E-state index contributed by atoms with van der Waals surface area (Å²) >= 11 is 3.38. The van der Waals surface area contributed by atoms with Crippen LogP contribution in [0.1, 0.15) is 18.1 Å². The first-order chi connectivity index (χ1) is 5.97. The maximum absolute atomic E-state index is 9.12. The molecule has 1 aromatic carbocycles. The Kier molecular flexibility index (Phi) is 5.09. The molecule has 0 saturated carbocycles. The molecule has 0 aliphatic rings. The Morgan fingerprint density at radius 1 is 1.50 bits per heavy atom. The molecular formula is C10H15BrClNO. The fourth-order valence-electron chi connectivity index (χ4n) is 1.29. The summed E-state index contributed by atoms with van der Waals surface area (Å²) in [5, 5.41) is 9.12. The first-order valence-electron chi connectivity index (χ1n) is 4.14. The van der Waals surface area contributed by atoms with Crippen molar-refractivity contribution in [3.05, 3.63) is 33.8 Å². The lowest BCUT2D eigenvalue weighted by Gasteiger charge is -2.24. The predicted octanol–water partition coefficient (Wildman–Crippen LogP) is 2.35. The van der Waals surface area contributed by atoms with Gasteiger partial charge in [0, 0.05) is 4.47 Å². The van der Waals surface area contributed by atoms with Gasteiger partial charge in [-0.05, 0) is 37.1 Å². The van der Waals surface area contributed by atoms with Gasteiger partial charge in [-0.15, -0.1) is 12.4 Å². The van der Waals surface area contributed by atoms with Crippen LogP contribution in [0, 0.1) is 6.92 Å². The van der Waals surface area contributed by atoms with E-state index in [1.165, 1.54) is 0 Å². The Labute approximate surface area is 99.0 Å². The third-order valence-electron chi connectivity index (χ3n) is 2.14. The summed E-state index contributed by atoms with van der Waals surface area (Å²) in [6, 6.07) is 5.90. The molecule has 2 nitrogen and oxygen atoms in total. The van der Waals surface area contributed by atoms with Gasteiger partial charge in [-0.25, -0.2) is 0 Å². The molecule has 0 aromatic heterocycles. The first kappa shape index (κ1) is 13.9. The quantitative estimate of drug-likeness (QED) is 0.873. The van der Waals surface area contributed by atoms with Crippen LogP contribution in [0.4, 0.5) is 0 Å². The van der Waals surface area contributed by atoms with Gasteiger partial charge in [-0.3, -0.25) is 0 Å². The summed E-state index contributed by atoms with van der Waals surface area (Å²) in [6.45, 7) is 3.76. The maximum Gasteiger partial charge on any atom is 0.0650 e. The average Bonchev–Trinajstić information content (AvgIpc) is 2.09. The molecule has 14 heavy (non-hydrogen) atoms. The van der Waals surface area contributed by atoms with E-state index in [2.05, 4.69) is 15.9 Å².